The summed E-state index contributed by atoms with van der Waals surface area (Å²) in [4.78, 5) is 38.4. The molecule has 454 valence electrons. The normalized spacial score (nSPS) is 12.7. The van der Waals surface area contributed by atoms with Crippen molar-refractivity contribution in [2.45, 2.75) is 335 Å². The minimum absolute atomic E-state index is 0.0866. The van der Waals surface area contributed by atoms with E-state index in [0.717, 1.165) is 116 Å². The van der Waals surface area contributed by atoms with Crippen LogP contribution in [0.3, 0.4) is 0 Å². The lowest BCUT2D eigenvalue weighted by atomic mass is 10.0. The van der Waals surface area contributed by atoms with Gasteiger partial charge < -0.3 is 14.2 Å². The maximum atomic E-state index is 12.9. The first-order chi connectivity index (χ1) is 39.0. The van der Waals surface area contributed by atoms with Gasteiger partial charge in [0, 0.05) is 19.3 Å². The molecular weight excluding hydrogens is 973 g/mol. The maximum absolute atomic E-state index is 12.9. The Morgan fingerprint density at radius 3 is 0.772 bits per heavy atom. The van der Waals surface area contributed by atoms with Gasteiger partial charge in [0.1, 0.15) is 13.2 Å². The molecule has 0 spiro atoms. The molecule has 0 rings (SSSR count). The molecule has 0 saturated carbocycles. The van der Waals surface area contributed by atoms with Gasteiger partial charge in [-0.15, -0.1) is 0 Å². The van der Waals surface area contributed by atoms with Crippen LogP contribution in [0.4, 0.5) is 0 Å². The van der Waals surface area contributed by atoms with E-state index in [1.165, 1.54) is 173 Å². The van der Waals surface area contributed by atoms with Crippen molar-refractivity contribution in [2.24, 2.45) is 0 Å². The van der Waals surface area contributed by atoms with E-state index in [0.29, 0.717) is 19.3 Å². The van der Waals surface area contributed by atoms with E-state index in [-0.39, 0.29) is 31.1 Å². The fourth-order valence-electron chi connectivity index (χ4n) is 9.50. The van der Waals surface area contributed by atoms with Crippen molar-refractivity contribution in [3.8, 4) is 0 Å². The van der Waals surface area contributed by atoms with Crippen LogP contribution >= 0.6 is 0 Å². The molecule has 0 aromatic carbocycles. The second-order valence-corrected chi connectivity index (χ2v) is 22.3. The van der Waals surface area contributed by atoms with E-state index < -0.39 is 6.10 Å². The molecule has 0 aromatic heterocycles. The van der Waals surface area contributed by atoms with Crippen LogP contribution in [-0.4, -0.2) is 37.2 Å². The Balaban J connectivity index is 4.40. The monoisotopic (exact) mass is 1100 g/mol. The molecule has 0 bridgehead atoms. The Bertz CT molecular complexity index is 1540. The average molecular weight is 1100 g/mol. The van der Waals surface area contributed by atoms with Crippen LogP contribution in [-0.2, 0) is 28.6 Å². The fraction of sp³-hybridized carbons (Fsp3) is 0.740. The first kappa shape index (κ1) is 75.3. The molecule has 0 aliphatic heterocycles. The molecule has 0 radical (unpaired) electrons. The highest BCUT2D eigenvalue weighted by atomic mass is 16.6. The van der Waals surface area contributed by atoms with Crippen LogP contribution in [0, 0.1) is 0 Å². The summed E-state index contributed by atoms with van der Waals surface area (Å²) in [5, 5.41) is 0. The topological polar surface area (TPSA) is 78.9 Å². The van der Waals surface area contributed by atoms with Crippen molar-refractivity contribution in [1.29, 1.82) is 0 Å². The molecule has 0 amide bonds. The van der Waals surface area contributed by atoms with E-state index in [4.69, 9.17) is 14.2 Å². The zero-order valence-electron chi connectivity index (χ0n) is 52.1. The minimum atomic E-state index is -0.793. The number of carbonyl (C=O) groups excluding carboxylic acids is 3. The van der Waals surface area contributed by atoms with Crippen LogP contribution in [0.15, 0.2) is 97.2 Å². The van der Waals surface area contributed by atoms with E-state index in [2.05, 4.69) is 118 Å². The van der Waals surface area contributed by atoms with Crippen molar-refractivity contribution in [1.82, 2.24) is 0 Å². The summed E-state index contributed by atoms with van der Waals surface area (Å²) in [5.74, 6) is -0.899. The molecule has 1 unspecified atom stereocenters. The lowest BCUT2D eigenvalue weighted by molar-refractivity contribution is -0.167. The fourth-order valence-corrected chi connectivity index (χ4v) is 9.50. The number of esters is 3. The molecule has 6 heteroatoms. The van der Waals surface area contributed by atoms with Crippen LogP contribution in [0.2, 0.25) is 0 Å². The number of hydrogen-bond acceptors (Lipinski definition) is 6. The maximum Gasteiger partial charge on any atom is 0.306 e. The third-order valence-electron chi connectivity index (χ3n) is 14.5. The van der Waals surface area contributed by atoms with E-state index >= 15 is 0 Å². The molecule has 0 saturated heterocycles. The van der Waals surface area contributed by atoms with Gasteiger partial charge in [-0.05, 0) is 122 Å². The third-order valence-corrected chi connectivity index (χ3v) is 14.5. The average Bonchev–Trinajstić information content (AvgIpc) is 3.45. The zero-order chi connectivity index (χ0) is 57.1. The second-order valence-electron chi connectivity index (χ2n) is 22.3. The van der Waals surface area contributed by atoms with Crippen molar-refractivity contribution < 1.29 is 28.6 Å². The summed E-state index contributed by atoms with van der Waals surface area (Å²) in [6.45, 7) is 6.52. The highest BCUT2D eigenvalue weighted by Crippen LogP contribution is 2.16. The molecule has 1 atom stereocenters. The summed E-state index contributed by atoms with van der Waals surface area (Å²) in [5.41, 5.74) is 0. The van der Waals surface area contributed by atoms with E-state index in [9.17, 15) is 14.4 Å². The molecule has 0 N–H and O–H groups in total. The molecule has 0 heterocycles. The standard InChI is InChI=1S/C73H126O6/c1-4-7-10-13-16-19-22-25-28-31-33-35-36-38-39-42-45-48-51-54-57-60-63-66-72(75)78-69-70(68-77-71(74)65-62-59-56-53-50-47-44-41-30-27-24-21-18-15-12-9-6-3)79-73(76)67-64-61-58-55-52-49-46-43-40-37-34-32-29-26-23-20-17-14-11-8-5-2/h9,12,18,21-23,25-27,30-34,40,43,70H,4-8,10-11,13-17,19-20,24,28-29,35-39,41-42,44-69H2,1-3H3/b12-9-,21-18-,25-22-,26-23-,30-27-,33-31-,34-32-,43-40-. The van der Waals surface area contributed by atoms with Crippen LogP contribution in [0.25, 0.3) is 0 Å². The lowest BCUT2D eigenvalue weighted by Gasteiger charge is -2.18. The summed E-state index contributed by atoms with van der Waals surface area (Å²) in [7, 11) is 0. The molecule has 79 heavy (non-hydrogen) atoms. The summed E-state index contributed by atoms with van der Waals surface area (Å²) in [6, 6.07) is 0. The number of rotatable bonds is 61. The predicted octanol–water partition coefficient (Wildman–Crippen LogP) is 23.2. The van der Waals surface area contributed by atoms with Crippen LogP contribution in [0.1, 0.15) is 329 Å². The van der Waals surface area contributed by atoms with Gasteiger partial charge in [0.15, 0.2) is 6.10 Å². The number of unbranched alkanes of at least 4 members (excludes halogenated alkanes) is 34. The predicted molar refractivity (Wildman–Crippen MR) is 344 cm³/mol. The molecular formula is C73H126O6. The minimum Gasteiger partial charge on any atom is -0.462 e. The highest BCUT2D eigenvalue weighted by Gasteiger charge is 2.19. The van der Waals surface area contributed by atoms with E-state index in [1.807, 2.05) is 0 Å². The van der Waals surface area contributed by atoms with Gasteiger partial charge in [0.05, 0.1) is 0 Å². The summed E-state index contributed by atoms with van der Waals surface area (Å²) < 4.78 is 17.0. The van der Waals surface area contributed by atoms with Crippen LogP contribution < -0.4 is 0 Å². The van der Waals surface area contributed by atoms with Gasteiger partial charge in [-0.25, -0.2) is 0 Å². The van der Waals surface area contributed by atoms with Crippen LogP contribution in [0.5, 0.6) is 0 Å². The number of hydrogen-bond donors (Lipinski definition) is 0. The third kappa shape index (κ3) is 65.0. The molecule has 0 aliphatic carbocycles. The Morgan fingerprint density at radius 1 is 0.266 bits per heavy atom. The Labute approximate surface area is 489 Å². The number of ether oxygens (including phenoxy) is 3. The van der Waals surface area contributed by atoms with Gasteiger partial charge in [0.25, 0.3) is 0 Å². The van der Waals surface area contributed by atoms with Crippen molar-refractivity contribution in [2.75, 3.05) is 13.2 Å². The highest BCUT2D eigenvalue weighted by molar-refractivity contribution is 5.71. The molecule has 6 nitrogen and oxygen atoms in total. The van der Waals surface area contributed by atoms with Gasteiger partial charge in [0.2, 0.25) is 0 Å². The summed E-state index contributed by atoms with van der Waals surface area (Å²) >= 11 is 0. The number of allylic oxidation sites excluding steroid dienone is 16. The lowest BCUT2D eigenvalue weighted by Crippen LogP contribution is -2.30. The molecule has 0 aromatic rings. The van der Waals surface area contributed by atoms with E-state index in [1.54, 1.807) is 0 Å². The Kier molecular flexibility index (Phi) is 63.7. The zero-order valence-corrected chi connectivity index (χ0v) is 52.1. The quantitative estimate of drug-likeness (QED) is 0.0261. The Morgan fingerprint density at radius 2 is 0.494 bits per heavy atom. The van der Waals surface area contributed by atoms with Crippen molar-refractivity contribution >= 4 is 17.9 Å². The first-order valence-corrected chi connectivity index (χ1v) is 33.7. The Hall–Kier alpha value is -3.67. The van der Waals surface area contributed by atoms with Gasteiger partial charge >= 0.3 is 17.9 Å². The first-order valence-electron chi connectivity index (χ1n) is 33.7. The largest absolute Gasteiger partial charge is 0.462 e. The number of carbonyl (C=O) groups is 3. The van der Waals surface area contributed by atoms with Gasteiger partial charge in [-0.1, -0.05) is 285 Å². The van der Waals surface area contributed by atoms with Crippen molar-refractivity contribution in [3.05, 3.63) is 97.2 Å². The smallest absolute Gasteiger partial charge is 0.306 e. The van der Waals surface area contributed by atoms with Gasteiger partial charge in [-0.2, -0.15) is 0 Å². The summed E-state index contributed by atoms with van der Waals surface area (Å²) in [6.07, 6.45) is 89.8. The molecule has 0 aliphatic rings. The second kappa shape index (κ2) is 66.8. The molecule has 0 fully saturated rings. The SMILES string of the molecule is CC/C=C\C/C=C\C/C=C\CCCCCCCCCC(=O)OCC(COC(=O)CCCCCCCCCCCCC/C=C\C/C=C\CCCCCCC)OC(=O)CCCCCCCC/C=C\C/C=C\C/C=C\CCCCCCC. The van der Waals surface area contributed by atoms with Gasteiger partial charge in [-0.3, -0.25) is 14.4 Å². The van der Waals surface area contributed by atoms with Crippen molar-refractivity contribution in [3.63, 3.8) is 0 Å².